The summed E-state index contributed by atoms with van der Waals surface area (Å²) >= 11 is 0. The molecular formula is C15H26ClN3O4S. The Bertz CT molecular complexity index is 677. The van der Waals surface area contributed by atoms with E-state index in [4.69, 9.17) is 10.2 Å². The van der Waals surface area contributed by atoms with Gasteiger partial charge >= 0.3 is 0 Å². The molecule has 2 rings (SSSR count). The van der Waals surface area contributed by atoms with Crippen molar-refractivity contribution >= 4 is 28.3 Å². The highest BCUT2D eigenvalue weighted by atomic mass is 35.5. The lowest BCUT2D eigenvalue weighted by molar-refractivity contribution is 0.0647. The molecule has 1 fully saturated rings. The average Bonchev–Trinajstić information content (AvgIpc) is 2.89. The van der Waals surface area contributed by atoms with Crippen LogP contribution in [-0.2, 0) is 10.0 Å². The lowest BCUT2D eigenvalue weighted by Crippen LogP contribution is -2.42. The molecule has 1 atom stereocenters. The molecule has 1 aromatic heterocycles. The van der Waals surface area contributed by atoms with E-state index in [1.165, 1.54) is 20.2 Å². The third-order valence-electron chi connectivity index (χ3n) is 4.41. The Morgan fingerprint density at radius 2 is 1.92 bits per heavy atom. The van der Waals surface area contributed by atoms with E-state index in [1.807, 2.05) is 6.92 Å². The molecule has 0 aliphatic carbocycles. The Morgan fingerprint density at radius 1 is 1.38 bits per heavy atom. The Kier molecular flexibility index (Phi) is 6.86. The number of rotatable bonds is 4. The molecule has 0 bridgehead atoms. The van der Waals surface area contributed by atoms with E-state index in [1.54, 1.807) is 11.8 Å². The molecule has 24 heavy (non-hydrogen) atoms. The van der Waals surface area contributed by atoms with Crippen LogP contribution in [0.2, 0.25) is 0 Å². The Hall–Kier alpha value is -1.09. The lowest BCUT2D eigenvalue weighted by Gasteiger charge is -2.33. The Labute approximate surface area is 149 Å². The molecule has 1 aromatic rings. The molecule has 9 heteroatoms. The predicted octanol–water partition coefficient (Wildman–Crippen LogP) is 1.46. The van der Waals surface area contributed by atoms with Crippen LogP contribution in [0.4, 0.5) is 0 Å². The minimum atomic E-state index is -3.62. The van der Waals surface area contributed by atoms with Gasteiger partial charge in [0.15, 0.2) is 5.76 Å². The fourth-order valence-electron chi connectivity index (χ4n) is 2.81. The Morgan fingerprint density at radius 3 is 2.38 bits per heavy atom. The topological polar surface area (TPSA) is 96.8 Å². The third kappa shape index (κ3) is 4.11. The number of piperidine rings is 1. The van der Waals surface area contributed by atoms with Gasteiger partial charge in [0.1, 0.15) is 10.7 Å². The van der Waals surface area contributed by atoms with Gasteiger partial charge in [-0.1, -0.05) is 0 Å². The van der Waals surface area contributed by atoms with Gasteiger partial charge in [-0.25, -0.2) is 12.7 Å². The van der Waals surface area contributed by atoms with Crippen molar-refractivity contribution in [2.24, 2.45) is 11.7 Å². The van der Waals surface area contributed by atoms with Crippen LogP contribution in [0.5, 0.6) is 0 Å². The van der Waals surface area contributed by atoms with E-state index in [2.05, 4.69) is 0 Å². The van der Waals surface area contributed by atoms with E-state index in [0.717, 1.165) is 17.1 Å². The highest BCUT2D eigenvalue weighted by molar-refractivity contribution is 7.89. The fraction of sp³-hybridized carbons (Fsp3) is 0.667. The second-order valence-electron chi connectivity index (χ2n) is 6.31. The van der Waals surface area contributed by atoms with E-state index in [0.29, 0.717) is 19.0 Å². The number of aryl methyl sites for hydroxylation is 1. The number of hydrogen-bond donors (Lipinski definition) is 1. The molecule has 7 nitrogen and oxygen atoms in total. The second kappa shape index (κ2) is 7.86. The summed E-state index contributed by atoms with van der Waals surface area (Å²) in [5.41, 5.74) is 5.91. The van der Waals surface area contributed by atoms with E-state index in [9.17, 15) is 13.2 Å². The minimum Gasteiger partial charge on any atom is -0.455 e. The number of hydrogen-bond acceptors (Lipinski definition) is 5. The first-order valence-corrected chi connectivity index (χ1v) is 9.16. The third-order valence-corrected chi connectivity index (χ3v) is 6.33. The molecule has 0 saturated carbocycles. The van der Waals surface area contributed by atoms with Gasteiger partial charge in [-0.2, -0.15) is 0 Å². The number of sulfonamides is 1. The maximum Gasteiger partial charge on any atom is 0.289 e. The summed E-state index contributed by atoms with van der Waals surface area (Å²) < 4.78 is 30.9. The SMILES string of the molecule is Cc1oc(C(=O)N2CCC(C(C)N)CC2)cc1S(=O)(=O)N(C)C.Cl. The summed E-state index contributed by atoms with van der Waals surface area (Å²) in [6.07, 6.45) is 1.71. The van der Waals surface area contributed by atoms with Crippen molar-refractivity contribution in [3.8, 4) is 0 Å². The summed E-state index contributed by atoms with van der Waals surface area (Å²) in [7, 11) is -0.726. The molecule has 1 unspecified atom stereocenters. The largest absolute Gasteiger partial charge is 0.455 e. The number of halogens is 1. The number of amides is 1. The van der Waals surface area contributed by atoms with Crippen LogP contribution in [0.25, 0.3) is 0 Å². The highest BCUT2D eigenvalue weighted by Crippen LogP contribution is 2.25. The molecule has 1 amide bonds. The van der Waals surface area contributed by atoms with Crippen molar-refractivity contribution in [2.45, 2.75) is 37.6 Å². The number of carbonyl (C=O) groups is 1. The van der Waals surface area contributed by atoms with Gasteiger partial charge in [0.05, 0.1) is 0 Å². The first kappa shape index (κ1) is 21.0. The summed E-state index contributed by atoms with van der Waals surface area (Å²) in [5.74, 6) is 0.452. The standard InChI is InChI=1S/C15H25N3O4S.ClH/c1-10(16)12-5-7-18(8-6-12)15(19)13-9-14(11(2)22-13)23(20,21)17(3)4;/h9-10,12H,5-8,16H2,1-4H3;1H. The molecule has 0 spiro atoms. The summed E-state index contributed by atoms with van der Waals surface area (Å²) in [6.45, 7) is 4.76. The molecule has 138 valence electrons. The zero-order valence-electron chi connectivity index (χ0n) is 14.5. The average molecular weight is 380 g/mol. The van der Waals surface area contributed by atoms with Gasteiger partial charge in [-0.05, 0) is 32.6 Å². The van der Waals surface area contributed by atoms with Crippen molar-refractivity contribution in [3.05, 3.63) is 17.6 Å². The van der Waals surface area contributed by atoms with Gasteiger partial charge in [-0.15, -0.1) is 12.4 Å². The molecule has 0 radical (unpaired) electrons. The molecular weight excluding hydrogens is 354 g/mol. The fourth-order valence-corrected chi connectivity index (χ4v) is 3.86. The van der Waals surface area contributed by atoms with Crippen molar-refractivity contribution in [3.63, 3.8) is 0 Å². The van der Waals surface area contributed by atoms with E-state index >= 15 is 0 Å². The normalized spacial score (nSPS) is 17.7. The number of nitrogens with zero attached hydrogens (tertiary/aromatic N) is 2. The van der Waals surface area contributed by atoms with Crippen LogP contribution < -0.4 is 5.73 Å². The highest BCUT2D eigenvalue weighted by Gasteiger charge is 2.30. The van der Waals surface area contributed by atoms with Crippen LogP contribution in [0.15, 0.2) is 15.4 Å². The maximum atomic E-state index is 12.5. The van der Waals surface area contributed by atoms with Crippen LogP contribution in [0.3, 0.4) is 0 Å². The smallest absolute Gasteiger partial charge is 0.289 e. The molecule has 1 aliphatic heterocycles. The first-order valence-electron chi connectivity index (χ1n) is 7.72. The second-order valence-corrected chi connectivity index (χ2v) is 8.43. The van der Waals surface area contributed by atoms with E-state index < -0.39 is 10.0 Å². The quantitative estimate of drug-likeness (QED) is 0.854. The predicted molar refractivity (Wildman–Crippen MR) is 93.8 cm³/mol. The molecule has 2 heterocycles. The molecule has 1 saturated heterocycles. The van der Waals surface area contributed by atoms with Crippen LogP contribution in [0, 0.1) is 12.8 Å². The zero-order chi connectivity index (χ0) is 17.4. The van der Waals surface area contributed by atoms with Crippen molar-refractivity contribution in [1.29, 1.82) is 0 Å². The van der Waals surface area contributed by atoms with Gasteiger partial charge in [0.2, 0.25) is 10.0 Å². The summed E-state index contributed by atoms with van der Waals surface area (Å²) in [6, 6.07) is 1.44. The number of likely N-dealkylation sites (tertiary alicyclic amines) is 1. The van der Waals surface area contributed by atoms with Gasteiger partial charge in [0.25, 0.3) is 5.91 Å². The van der Waals surface area contributed by atoms with Crippen molar-refractivity contribution < 1.29 is 17.6 Å². The van der Waals surface area contributed by atoms with Crippen LogP contribution in [-0.4, -0.2) is 56.8 Å². The number of furan rings is 1. The minimum absolute atomic E-state index is 0. The number of nitrogens with two attached hydrogens (primary N) is 1. The monoisotopic (exact) mass is 379 g/mol. The first-order chi connectivity index (χ1) is 10.6. The molecule has 1 aliphatic rings. The van der Waals surface area contributed by atoms with Crippen molar-refractivity contribution in [1.82, 2.24) is 9.21 Å². The van der Waals surface area contributed by atoms with Crippen LogP contribution in [0.1, 0.15) is 36.1 Å². The maximum absolute atomic E-state index is 12.5. The number of carbonyl (C=O) groups excluding carboxylic acids is 1. The summed E-state index contributed by atoms with van der Waals surface area (Å²) in [4.78, 5) is 14.3. The van der Waals surface area contributed by atoms with Crippen molar-refractivity contribution in [2.75, 3.05) is 27.2 Å². The molecule has 0 aromatic carbocycles. The summed E-state index contributed by atoms with van der Waals surface area (Å²) in [5, 5.41) is 0. The lowest BCUT2D eigenvalue weighted by atomic mass is 9.91. The van der Waals surface area contributed by atoms with Gasteiger partial charge in [-0.3, -0.25) is 4.79 Å². The zero-order valence-corrected chi connectivity index (χ0v) is 16.1. The van der Waals surface area contributed by atoms with Crippen LogP contribution >= 0.6 is 12.4 Å². The molecule has 2 N–H and O–H groups in total. The van der Waals surface area contributed by atoms with E-state index in [-0.39, 0.29) is 40.8 Å². The van der Waals surface area contributed by atoms with Gasteiger partial charge < -0.3 is 15.1 Å². The Balaban J connectivity index is 0.00000288. The van der Waals surface area contributed by atoms with Gasteiger partial charge in [0, 0.05) is 39.3 Å².